The van der Waals surface area contributed by atoms with Gasteiger partial charge in [0.2, 0.25) is 0 Å². The lowest BCUT2D eigenvalue weighted by Crippen LogP contribution is -2.06. The summed E-state index contributed by atoms with van der Waals surface area (Å²) in [7, 11) is 0. The fourth-order valence-electron chi connectivity index (χ4n) is 2.94. The number of H-pyrrole nitrogens is 1. The molecule has 4 rings (SSSR count). The zero-order valence-electron chi connectivity index (χ0n) is 17.0. The van der Waals surface area contributed by atoms with Gasteiger partial charge < -0.3 is 10.3 Å². The zero-order chi connectivity index (χ0) is 22.4. The number of benzene rings is 1. The number of pyridine rings is 2. The average Bonchev–Trinajstić information content (AvgIpc) is 3.23. The molecule has 0 aliphatic heterocycles. The van der Waals surface area contributed by atoms with Gasteiger partial charge in [0, 0.05) is 41.6 Å². The van der Waals surface area contributed by atoms with Crippen molar-refractivity contribution >= 4 is 22.6 Å². The molecule has 31 heavy (non-hydrogen) atoms. The number of alkyl halides is 3. The molecule has 1 aromatic carbocycles. The molecule has 3 heterocycles. The van der Waals surface area contributed by atoms with Crippen LogP contribution in [0.15, 0.2) is 67.1 Å². The minimum Gasteiger partial charge on any atom is -0.366 e. The predicted octanol–water partition coefficient (Wildman–Crippen LogP) is 5.85. The topological polar surface area (TPSA) is 70.7 Å². The summed E-state index contributed by atoms with van der Waals surface area (Å²) in [5.41, 5.74) is 1.58. The highest BCUT2D eigenvalue weighted by molar-refractivity contribution is 6.15. The lowest BCUT2D eigenvalue weighted by Gasteiger charge is -2.09. The van der Waals surface area contributed by atoms with E-state index in [-0.39, 0.29) is 5.78 Å². The van der Waals surface area contributed by atoms with E-state index in [0.29, 0.717) is 34.7 Å². The van der Waals surface area contributed by atoms with Crippen LogP contribution < -0.4 is 5.32 Å². The van der Waals surface area contributed by atoms with Crippen LogP contribution in [0, 0.1) is 0 Å². The maximum absolute atomic E-state index is 12.7. The molecule has 0 aliphatic carbocycles. The molecule has 8 heteroatoms. The van der Waals surface area contributed by atoms with Gasteiger partial charge >= 0.3 is 6.18 Å². The van der Waals surface area contributed by atoms with Gasteiger partial charge in [0.1, 0.15) is 11.5 Å². The number of hydrogen-bond donors (Lipinski definition) is 2. The van der Waals surface area contributed by atoms with Crippen molar-refractivity contribution in [1.82, 2.24) is 15.0 Å². The second kappa shape index (κ2) is 9.42. The van der Waals surface area contributed by atoms with Crippen LogP contribution in [-0.4, -0.2) is 20.7 Å². The van der Waals surface area contributed by atoms with Crippen LogP contribution in [-0.2, 0) is 12.7 Å². The normalized spacial score (nSPS) is 11.0. The Morgan fingerprint density at radius 2 is 1.77 bits per heavy atom. The fraction of sp³-hybridized carbons (Fsp3) is 0.174. The molecule has 0 fully saturated rings. The number of aromatic amines is 1. The van der Waals surface area contributed by atoms with Crippen molar-refractivity contribution in [3.8, 4) is 0 Å². The first-order valence-corrected chi connectivity index (χ1v) is 9.75. The second-order valence-corrected chi connectivity index (χ2v) is 6.41. The van der Waals surface area contributed by atoms with E-state index >= 15 is 0 Å². The number of fused-ring (bicyclic) bond motifs is 1. The largest absolute Gasteiger partial charge is 0.416 e. The number of ketones is 1. The summed E-state index contributed by atoms with van der Waals surface area (Å²) in [6.45, 7) is 4.31. The molecule has 5 nitrogen and oxygen atoms in total. The van der Waals surface area contributed by atoms with Gasteiger partial charge in [-0.2, -0.15) is 13.2 Å². The smallest absolute Gasteiger partial charge is 0.366 e. The Morgan fingerprint density at radius 1 is 1.03 bits per heavy atom. The van der Waals surface area contributed by atoms with E-state index < -0.39 is 11.7 Å². The quantitative estimate of drug-likeness (QED) is 0.393. The molecule has 0 bridgehead atoms. The Hall–Kier alpha value is -3.68. The number of hydrogen-bond acceptors (Lipinski definition) is 4. The van der Waals surface area contributed by atoms with Crippen molar-refractivity contribution in [1.29, 1.82) is 0 Å². The lowest BCUT2D eigenvalue weighted by atomic mass is 10.1. The van der Waals surface area contributed by atoms with E-state index in [2.05, 4.69) is 20.3 Å². The summed E-state index contributed by atoms with van der Waals surface area (Å²) in [5.74, 6) is 0.341. The van der Waals surface area contributed by atoms with E-state index in [1.165, 1.54) is 18.3 Å². The second-order valence-electron chi connectivity index (χ2n) is 6.41. The molecule has 0 atom stereocenters. The standard InChI is InChI=1S/C21H15F3N4O.C2H6/c22-21(23,24)15-6-3-13(4-7-15)10-26-18-8-5-14(11-27-18)19(29)17-12-28-20-16(17)2-1-9-25-20;1-2/h1-9,11-12H,10H2,(H,25,28)(H,26,27);1-2H3. The number of nitrogens with zero attached hydrogens (tertiary/aromatic N) is 2. The Bertz CT molecular complexity index is 1150. The Balaban J connectivity index is 0.00000132. The van der Waals surface area contributed by atoms with Gasteiger partial charge in [-0.3, -0.25) is 4.79 Å². The molecular formula is C23H21F3N4O. The van der Waals surface area contributed by atoms with Crippen molar-refractivity contribution in [3.05, 3.63) is 89.4 Å². The monoisotopic (exact) mass is 426 g/mol. The van der Waals surface area contributed by atoms with Crippen LogP contribution in [0.1, 0.15) is 40.9 Å². The first-order chi connectivity index (χ1) is 14.9. The van der Waals surface area contributed by atoms with E-state index in [0.717, 1.165) is 17.5 Å². The Labute approximate surface area is 177 Å². The molecule has 0 unspecified atom stereocenters. The number of rotatable bonds is 5. The van der Waals surface area contributed by atoms with Crippen LogP contribution in [0.3, 0.4) is 0 Å². The summed E-state index contributed by atoms with van der Waals surface area (Å²) >= 11 is 0. The maximum atomic E-state index is 12.7. The van der Waals surface area contributed by atoms with E-state index in [1.807, 2.05) is 19.9 Å². The number of halogens is 3. The van der Waals surface area contributed by atoms with Gasteiger partial charge in [-0.05, 0) is 42.0 Å². The van der Waals surface area contributed by atoms with Crippen molar-refractivity contribution in [2.45, 2.75) is 26.6 Å². The van der Waals surface area contributed by atoms with Crippen LogP contribution >= 0.6 is 0 Å². The van der Waals surface area contributed by atoms with Gasteiger partial charge in [0.15, 0.2) is 5.78 Å². The minimum atomic E-state index is -4.35. The average molecular weight is 426 g/mol. The highest BCUT2D eigenvalue weighted by Crippen LogP contribution is 2.29. The van der Waals surface area contributed by atoms with Crippen LogP contribution in [0.5, 0.6) is 0 Å². The summed E-state index contributed by atoms with van der Waals surface area (Å²) in [4.78, 5) is 24.1. The van der Waals surface area contributed by atoms with E-state index in [1.54, 1.807) is 30.6 Å². The number of aromatic nitrogens is 3. The number of carbonyl (C=O) groups is 1. The molecule has 0 spiro atoms. The summed E-state index contributed by atoms with van der Waals surface area (Å²) in [6.07, 6.45) is 0.381. The third-order valence-corrected chi connectivity index (χ3v) is 4.48. The minimum absolute atomic E-state index is 0.175. The molecule has 0 saturated heterocycles. The van der Waals surface area contributed by atoms with Crippen LogP contribution in [0.25, 0.3) is 11.0 Å². The van der Waals surface area contributed by atoms with Crippen molar-refractivity contribution in [2.75, 3.05) is 5.32 Å². The Morgan fingerprint density at radius 3 is 2.42 bits per heavy atom. The first-order valence-electron chi connectivity index (χ1n) is 9.75. The predicted molar refractivity (Wildman–Crippen MR) is 114 cm³/mol. The molecule has 0 saturated carbocycles. The summed E-state index contributed by atoms with van der Waals surface area (Å²) < 4.78 is 37.8. The molecule has 0 amide bonds. The number of carbonyl (C=O) groups excluding carboxylic acids is 1. The molecule has 160 valence electrons. The van der Waals surface area contributed by atoms with Gasteiger partial charge in [0.05, 0.1) is 5.56 Å². The highest BCUT2D eigenvalue weighted by Gasteiger charge is 2.29. The van der Waals surface area contributed by atoms with E-state index in [9.17, 15) is 18.0 Å². The number of nitrogens with one attached hydrogen (secondary N) is 2. The van der Waals surface area contributed by atoms with Crippen molar-refractivity contribution < 1.29 is 18.0 Å². The molecule has 3 aromatic heterocycles. The van der Waals surface area contributed by atoms with Gasteiger partial charge in [-0.15, -0.1) is 0 Å². The molecule has 4 aromatic rings. The molecule has 0 aliphatic rings. The van der Waals surface area contributed by atoms with Crippen LogP contribution in [0.2, 0.25) is 0 Å². The maximum Gasteiger partial charge on any atom is 0.416 e. The highest BCUT2D eigenvalue weighted by atomic mass is 19.4. The summed E-state index contributed by atoms with van der Waals surface area (Å²) in [6, 6.07) is 11.8. The molecule has 2 N–H and O–H groups in total. The van der Waals surface area contributed by atoms with Crippen molar-refractivity contribution in [3.63, 3.8) is 0 Å². The first kappa shape index (κ1) is 22.0. The lowest BCUT2D eigenvalue weighted by molar-refractivity contribution is -0.137. The Kier molecular flexibility index (Phi) is 6.69. The fourth-order valence-corrected chi connectivity index (χ4v) is 2.94. The molecule has 0 radical (unpaired) electrons. The number of anilines is 1. The van der Waals surface area contributed by atoms with Gasteiger partial charge in [0.25, 0.3) is 0 Å². The third-order valence-electron chi connectivity index (χ3n) is 4.48. The summed E-state index contributed by atoms with van der Waals surface area (Å²) in [5, 5.41) is 3.77. The molecular weight excluding hydrogens is 405 g/mol. The zero-order valence-corrected chi connectivity index (χ0v) is 17.0. The van der Waals surface area contributed by atoms with Gasteiger partial charge in [-0.25, -0.2) is 9.97 Å². The van der Waals surface area contributed by atoms with E-state index in [4.69, 9.17) is 0 Å². The third kappa shape index (κ3) is 5.09. The van der Waals surface area contributed by atoms with Crippen molar-refractivity contribution in [2.24, 2.45) is 0 Å². The van der Waals surface area contributed by atoms with Gasteiger partial charge in [-0.1, -0.05) is 26.0 Å². The van der Waals surface area contributed by atoms with Crippen LogP contribution in [0.4, 0.5) is 19.0 Å². The SMILES string of the molecule is CC.O=C(c1ccc(NCc2ccc(C(F)(F)F)cc2)nc1)c1c[nH]c2ncccc12.